The molecule has 21 heavy (non-hydrogen) atoms. The van der Waals surface area contributed by atoms with Gasteiger partial charge in [-0.05, 0) is 46.2 Å². The van der Waals surface area contributed by atoms with Crippen molar-refractivity contribution in [3.63, 3.8) is 0 Å². The van der Waals surface area contributed by atoms with E-state index in [-0.39, 0.29) is 18.3 Å². The average molecular weight is 312 g/mol. The molecule has 0 aliphatic heterocycles. The summed E-state index contributed by atoms with van der Waals surface area (Å²) >= 11 is 0. The molecule has 2 aromatic heterocycles. The predicted molar refractivity (Wildman–Crippen MR) is 85.1 cm³/mol. The Morgan fingerprint density at radius 1 is 1.33 bits per heavy atom. The highest BCUT2D eigenvalue weighted by Gasteiger charge is 2.19. The Hall–Kier alpha value is -1.66. The van der Waals surface area contributed by atoms with Gasteiger partial charge < -0.3 is 11.1 Å². The van der Waals surface area contributed by atoms with E-state index in [9.17, 15) is 4.79 Å². The lowest BCUT2D eigenvalue weighted by atomic mass is 10.2. The highest BCUT2D eigenvalue weighted by Crippen LogP contribution is 2.16. The molecule has 0 aromatic carbocycles. The van der Waals surface area contributed by atoms with Crippen molar-refractivity contribution in [2.24, 2.45) is 5.73 Å². The molecule has 0 saturated carbocycles. The molecule has 0 aliphatic carbocycles. The summed E-state index contributed by atoms with van der Waals surface area (Å²) in [5, 5.41) is 7.30. The minimum absolute atomic E-state index is 0. The summed E-state index contributed by atoms with van der Waals surface area (Å²) in [6, 6.07) is 1.95. The number of carbonyl (C=O) groups is 1. The van der Waals surface area contributed by atoms with Crippen LogP contribution in [0.15, 0.2) is 6.07 Å². The maximum Gasteiger partial charge on any atom is 0.257 e. The van der Waals surface area contributed by atoms with E-state index >= 15 is 0 Å². The van der Waals surface area contributed by atoms with Crippen molar-refractivity contribution in [2.45, 2.75) is 33.6 Å². The number of amides is 1. The van der Waals surface area contributed by atoms with Gasteiger partial charge in [0.15, 0.2) is 5.65 Å². The average Bonchev–Trinajstić information content (AvgIpc) is 2.71. The minimum atomic E-state index is -0.118. The van der Waals surface area contributed by atoms with Gasteiger partial charge in [0.05, 0.1) is 5.69 Å². The van der Waals surface area contributed by atoms with E-state index < -0.39 is 0 Å². The van der Waals surface area contributed by atoms with Gasteiger partial charge in [0.25, 0.3) is 5.91 Å². The Labute approximate surface area is 130 Å². The summed E-state index contributed by atoms with van der Waals surface area (Å²) in [6.07, 6.45) is 1.79. The smallest absolute Gasteiger partial charge is 0.257 e. The number of nitrogens with one attached hydrogen (secondary N) is 1. The Morgan fingerprint density at radius 2 is 2.05 bits per heavy atom. The second-order valence-electron chi connectivity index (χ2n) is 4.99. The molecule has 0 unspecified atom stereocenters. The summed E-state index contributed by atoms with van der Waals surface area (Å²) in [5.74, 6) is -0.118. The number of hydrogen-bond donors (Lipinski definition) is 2. The molecule has 0 bridgehead atoms. The molecule has 2 aromatic rings. The van der Waals surface area contributed by atoms with Gasteiger partial charge in [-0.15, -0.1) is 12.4 Å². The number of aromatic nitrogens is 3. The van der Waals surface area contributed by atoms with Gasteiger partial charge in [-0.2, -0.15) is 5.10 Å². The van der Waals surface area contributed by atoms with E-state index in [2.05, 4.69) is 15.4 Å². The second kappa shape index (κ2) is 7.38. The van der Waals surface area contributed by atoms with E-state index in [1.165, 1.54) is 0 Å². The number of nitrogens with two attached hydrogens (primary N) is 1. The third-order valence-electron chi connectivity index (χ3n) is 3.21. The van der Waals surface area contributed by atoms with Crippen molar-refractivity contribution in [2.75, 3.05) is 13.1 Å². The SMILES string of the molecule is Cc1cc(C)n2nc(C)c(C(=O)NCCCCN)c2n1.Cl. The molecular weight excluding hydrogens is 290 g/mol. The molecular formula is C14H22ClN5O. The topological polar surface area (TPSA) is 85.3 Å². The summed E-state index contributed by atoms with van der Waals surface area (Å²) in [6.45, 7) is 6.97. The first-order valence-electron chi connectivity index (χ1n) is 6.86. The van der Waals surface area contributed by atoms with Crippen molar-refractivity contribution in [3.05, 3.63) is 28.7 Å². The third kappa shape index (κ3) is 3.71. The molecule has 0 atom stereocenters. The first-order valence-corrected chi connectivity index (χ1v) is 6.86. The normalized spacial score (nSPS) is 10.5. The fraction of sp³-hybridized carbons (Fsp3) is 0.500. The zero-order valence-electron chi connectivity index (χ0n) is 12.6. The van der Waals surface area contributed by atoms with Crippen LogP contribution >= 0.6 is 12.4 Å². The Kier molecular flexibility index (Phi) is 6.11. The molecule has 116 valence electrons. The van der Waals surface area contributed by atoms with Gasteiger partial charge in [0.2, 0.25) is 0 Å². The number of fused-ring (bicyclic) bond motifs is 1. The highest BCUT2D eigenvalue weighted by atomic mass is 35.5. The van der Waals surface area contributed by atoms with Gasteiger partial charge in [0, 0.05) is 17.9 Å². The fourth-order valence-electron chi connectivity index (χ4n) is 2.25. The number of carbonyl (C=O) groups excluding carboxylic acids is 1. The second-order valence-corrected chi connectivity index (χ2v) is 4.99. The zero-order valence-corrected chi connectivity index (χ0v) is 13.5. The monoisotopic (exact) mass is 311 g/mol. The number of unbranched alkanes of at least 4 members (excludes halogenated alkanes) is 1. The first-order chi connectivity index (χ1) is 9.54. The van der Waals surface area contributed by atoms with Crippen LogP contribution in [-0.4, -0.2) is 33.6 Å². The Balaban J connectivity index is 0.00000220. The van der Waals surface area contributed by atoms with Crippen LogP contribution in [0.1, 0.15) is 40.3 Å². The standard InChI is InChI=1S/C14H21N5O.ClH/c1-9-8-10(2)19-13(17-9)12(11(3)18-19)14(20)16-7-5-4-6-15;/h8H,4-7,15H2,1-3H3,(H,16,20);1H. The van der Waals surface area contributed by atoms with E-state index in [1.807, 2.05) is 26.8 Å². The van der Waals surface area contributed by atoms with Crippen LogP contribution in [0, 0.1) is 20.8 Å². The molecule has 0 aliphatic rings. The molecule has 6 nitrogen and oxygen atoms in total. The zero-order chi connectivity index (χ0) is 14.7. The van der Waals surface area contributed by atoms with Gasteiger partial charge in [-0.1, -0.05) is 0 Å². The van der Waals surface area contributed by atoms with Crippen LogP contribution in [0.25, 0.3) is 5.65 Å². The van der Waals surface area contributed by atoms with Crippen molar-refractivity contribution in [1.29, 1.82) is 0 Å². The largest absolute Gasteiger partial charge is 0.352 e. The third-order valence-corrected chi connectivity index (χ3v) is 3.21. The van der Waals surface area contributed by atoms with Crippen LogP contribution in [0.2, 0.25) is 0 Å². The van der Waals surface area contributed by atoms with Crippen molar-refractivity contribution < 1.29 is 4.79 Å². The molecule has 7 heteroatoms. The lowest BCUT2D eigenvalue weighted by molar-refractivity contribution is 0.0954. The summed E-state index contributed by atoms with van der Waals surface area (Å²) in [5.41, 5.74) is 9.17. The van der Waals surface area contributed by atoms with Crippen molar-refractivity contribution >= 4 is 24.0 Å². The molecule has 2 heterocycles. The predicted octanol–water partition coefficient (Wildman–Crippen LogP) is 1.55. The van der Waals surface area contributed by atoms with Gasteiger partial charge in [-0.3, -0.25) is 4.79 Å². The maximum atomic E-state index is 12.3. The minimum Gasteiger partial charge on any atom is -0.352 e. The van der Waals surface area contributed by atoms with E-state index in [0.29, 0.717) is 30.0 Å². The number of aryl methyl sites for hydroxylation is 3. The molecule has 0 radical (unpaired) electrons. The number of rotatable bonds is 5. The quantitative estimate of drug-likeness (QED) is 0.820. The summed E-state index contributed by atoms with van der Waals surface area (Å²) in [7, 11) is 0. The van der Waals surface area contributed by atoms with E-state index in [1.54, 1.807) is 4.52 Å². The van der Waals surface area contributed by atoms with Crippen LogP contribution in [0.3, 0.4) is 0 Å². The number of hydrogen-bond acceptors (Lipinski definition) is 4. The molecule has 0 spiro atoms. The van der Waals surface area contributed by atoms with E-state index in [0.717, 1.165) is 24.2 Å². The lowest BCUT2D eigenvalue weighted by Crippen LogP contribution is -2.25. The van der Waals surface area contributed by atoms with E-state index in [4.69, 9.17) is 5.73 Å². The Morgan fingerprint density at radius 3 is 2.71 bits per heavy atom. The molecule has 0 fully saturated rings. The van der Waals surface area contributed by atoms with Crippen molar-refractivity contribution in [3.8, 4) is 0 Å². The van der Waals surface area contributed by atoms with Crippen LogP contribution < -0.4 is 11.1 Å². The van der Waals surface area contributed by atoms with Gasteiger partial charge in [0.1, 0.15) is 5.56 Å². The molecule has 0 saturated heterocycles. The summed E-state index contributed by atoms with van der Waals surface area (Å²) < 4.78 is 1.72. The molecule has 1 amide bonds. The molecule has 3 N–H and O–H groups in total. The highest BCUT2D eigenvalue weighted by molar-refractivity contribution is 6.01. The maximum absolute atomic E-state index is 12.3. The number of nitrogens with zero attached hydrogens (tertiary/aromatic N) is 3. The van der Waals surface area contributed by atoms with Gasteiger partial charge >= 0.3 is 0 Å². The number of halogens is 1. The van der Waals surface area contributed by atoms with Gasteiger partial charge in [-0.25, -0.2) is 9.50 Å². The van der Waals surface area contributed by atoms with Crippen LogP contribution in [-0.2, 0) is 0 Å². The van der Waals surface area contributed by atoms with Crippen LogP contribution in [0.4, 0.5) is 0 Å². The molecule has 2 rings (SSSR count). The first kappa shape index (κ1) is 17.4. The fourth-order valence-corrected chi connectivity index (χ4v) is 2.25. The van der Waals surface area contributed by atoms with Crippen molar-refractivity contribution in [1.82, 2.24) is 19.9 Å². The lowest BCUT2D eigenvalue weighted by Gasteiger charge is -2.05. The summed E-state index contributed by atoms with van der Waals surface area (Å²) in [4.78, 5) is 16.7. The Bertz CT molecular complexity index is 638. The van der Waals surface area contributed by atoms with Crippen LogP contribution in [0.5, 0.6) is 0 Å².